The molecule has 132 valence electrons. The Morgan fingerprint density at radius 1 is 0.960 bits per heavy atom. The molecule has 0 fully saturated rings. The molecule has 0 atom stereocenters. The van der Waals surface area contributed by atoms with E-state index in [1.54, 1.807) is 36.0 Å². The number of benzene rings is 2. The first kappa shape index (κ1) is 18.9. The predicted molar refractivity (Wildman–Crippen MR) is 102 cm³/mol. The van der Waals surface area contributed by atoms with E-state index in [0.717, 1.165) is 17.7 Å². The highest BCUT2D eigenvalue weighted by atomic mass is 32.2. The molecule has 0 spiro atoms. The molecule has 0 saturated carbocycles. The number of nitrogens with one attached hydrogen (secondary N) is 2. The van der Waals surface area contributed by atoms with Gasteiger partial charge in [-0.25, -0.2) is 9.59 Å². The molecule has 0 aliphatic carbocycles. The van der Waals surface area contributed by atoms with Gasteiger partial charge in [0.1, 0.15) is 0 Å². The molecule has 0 saturated heterocycles. The standard InChI is InChI=1S/C19H22N2O3S/c1-3-4-13-24-18(22)14-5-7-15(8-6-14)20-19(23)21-16-9-11-17(25-2)12-10-16/h5-12H,3-4,13H2,1-2H3,(H2,20,21,23). The van der Waals surface area contributed by atoms with Crippen LogP contribution in [0.5, 0.6) is 0 Å². The van der Waals surface area contributed by atoms with Crippen LogP contribution in [0.1, 0.15) is 30.1 Å². The van der Waals surface area contributed by atoms with Crippen molar-refractivity contribution in [1.29, 1.82) is 0 Å². The summed E-state index contributed by atoms with van der Waals surface area (Å²) in [5, 5.41) is 5.49. The zero-order valence-electron chi connectivity index (χ0n) is 14.4. The summed E-state index contributed by atoms with van der Waals surface area (Å²) in [5.41, 5.74) is 1.78. The third kappa shape index (κ3) is 6.15. The minimum absolute atomic E-state index is 0.338. The van der Waals surface area contributed by atoms with Gasteiger partial charge in [0.15, 0.2) is 0 Å². The lowest BCUT2D eigenvalue weighted by atomic mass is 10.2. The number of amides is 2. The number of unbranched alkanes of at least 4 members (excludes halogenated alkanes) is 1. The Labute approximate surface area is 152 Å². The zero-order valence-corrected chi connectivity index (χ0v) is 15.2. The van der Waals surface area contributed by atoms with Crippen molar-refractivity contribution in [2.45, 2.75) is 24.7 Å². The lowest BCUT2D eigenvalue weighted by molar-refractivity contribution is 0.0500. The summed E-state index contributed by atoms with van der Waals surface area (Å²) in [6.45, 7) is 2.46. The second kappa shape index (κ2) is 9.74. The number of hydrogen-bond donors (Lipinski definition) is 2. The minimum atomic E-state index is -0.349. The molecule has 0 unspecified atom stereocenters. The van der Waals surface area contributed by atoms with Crippen LogP contribution in [-0.2, 0) is 4.74 Å². The van der Waals surface area contributed by atoms with Crippen LogP contribution in [0.15, 0.2) is 53.4 Å². The first-order valence-corrected chi connectivity index (χ1v) is 9.34. The van der Waals surface area contributed by atoms with Crippen molar-refractivity contribution in [1.82, 2.24) is 0 Å². The third-order valence-electron chi connectivity index (χ3n) is 3.46. The summed E-state index contributed by atoms with van der Waals surface area (Å²) in [6, 6.07) is 13.9. The molecule has 0 bridgehead atoms. The van der Waals surface area contributed by atoms with E-state index in [4.69, 9.17) is 4.74 Å². The first-order valence-electron chi connectivity index (χ1n) is 8.11. The van der Waals surface area contributed by atoms with Gasteiger partial charge in [-0.2, -0.15) is 0 Å². The largest absolute Gasteiger partial charge is 0.462 e. The summed E-state index contributed by atoms with van der Waals surface area (Å²) in [7, 11) is 0. The quantitative estimate of drug-likeness (QED) is 0.415. The molecule has 2 aromatic rings. The number of ether oxygens (including phenoxy) is 1. The molecule has 2 rings (SSSR count). The summed E-state index contributed by atoms with van der Waals surface area (Å²) in [6.07, 6.45) is 3.83. The molecule has 0 aromatic heterocycles. The molecule has 5 nitrogen and oxygen atoms in total. The fraction of sp³-hybridized carbons (Fsp3) is 0.263. The van der Waals surface area contributed by atoms with Crippen LogP contribution in [0.25, 0.3) is 0 Å². The highest BCUT2D eigenvalue weighted by Crippen LogP contribution is 2.18. The summed E-state index contributed by atoms with van der Waals surface area (Å²) in [4.78, 5) is 25.0. The summed E-state index contributed by atoms with van der Waals surface area (Å²) >= 11 is 1.64. The van der Waals surface area contributed by atoms with Crippen molar-refractivity contribution < 1.29 is 14.3 Å². The smallest absolute Gasteiger partial charge is 0.338 e. The fourth-order valence-electron chi connectivity index (χ4n) is 2.05. The third-order valence-corrected chi connectivity index (χ3v) is 4.20. The van der Waals surface area contributed by atoms with Crippen molar-refractivity contribution in [3.05, 3.63) is 54.1 Å². The van der Waals surface area contributed by atoms with Gasteiger partial charge >= 0.3 is 12.0 Å². The van der Waals surface area contributed by atoms with Crippen molar-refractivity contribution in [2.24, 2.45) is 0 Å². The average molecular weight is 358 g/mol. The van der Waals surface area contributed by atoms with E-state index in [9.17, 15) is 9.59 Å². The van der Waals surface area contributed by atoms with Gasteiger partial charge in [0.2, 0.25) is 0 Å². The minimum Gasteiger partial charge on any atom is -0.462 e. The Morgan fingerprint density at radius 2 is 1.52 bits per heavy atom. The number of urea groups is 1. The van der Waals surface area contributed by atoms with E-state index in [0.29, 0.717) is 23.5 Å². The number of carbonyl (C=O) groups is 2. The normalized spacial score (nSPS) is 10.2. The number of esters is 1. The van der Waals surface area contributed by atoms with Gasteiger partial charge in [0.25, 0.3) is 0 Å². The summed E-state index contributed by atoms with van der Waals surface area (Å²) < 4.78 is 5.15. The van der Waals surface area contributed by atoms with Gasteiger partial charge in [0.05, 0.1) is 12.2 Å². The molecule has 0 radical (unpaired) electrons. The number of rotatable bonds is 7. The lowest BCUT2D eigenvalue weighted by Gasteiger charge is -2.09. The van der Waals surface area contributed by atoms with E-state index in [1.165, 1.54) is 0 Å². The Bertz CT molecular complexity index is 700. The molecular weight excluding hydrogens is 336 g/mol. The van der Waals surface area contributed by atoms with Crippen LogP contribution in [0.4, 0.5) is 16.2 Å². The lowest BCUT2D eigenvalue weighted by Crippen LogP contribution is -2.19. The first-order chi connectivity index (χ1) is 12.1. The number of thioether (sulfide) groups is 1. The maximum absolute atomic E-state index is 12.0. The average Bonchev–Trinajstić information content (AvgIpc) is 2.63. The molecule has 0 aliphatic rings. The number of carbonyl (C=O) groups excluding carboxylic acids is 2. The maximum atomic E-state index is 12.0. The predicted octanol–water partition coefficient (Wildman–Crippen LogP) is 5.01. The van der Waals surface area contributed by atoms with E-state index < -0.39 is 0 Å². The number of hydrogen-bond acceptors (Lipinski definition) is 4. The van der Waals surface area contributed by atoms with Gasteiger partial charge in [-0.15, -0.1) is 11.8 Å². The summed E-state index contributed by atoms with van der Waals surface area (Å²) in [5.74, 6) is -0.349. The molecule has 2 amide bonds. The van der Waals surface area contributed by atoms with Gasteiger partial charge < -0.3 is 15.4 Å². The highest BCUT2D eigenvalue weighted by molar-refractivity contribution is 7.98. The van der Waals surface area contributed by atoms with Gasteiger partial charge in [-0.3, -0.25) is 0 Å². The Balaban J connectivity index is 1.87. The molecular formula is C19H22N2O3S. The molecule has 6 heteroatoms. The van der Waals surface area contributed by atoms with E-state index in [1.807, 2.05) is 37.4 Å². The Kier molecular flexibility index (Phi) is 7.35. The maximum Gasteiger partial charge on any atom is 0.338 e. The van der Waals surface area contributed by atoms with Crippen molar-refractivity contribution >= 4 is 35.1 Å². The second-order valence-corrected chi connectivity index (χ2v) is 6.25. The van der Waals surface area contributed by atoms with Crippen molar-refractivity contribution in [2.75, 3.05) is 23.5 Å². The second-order valence-electron chi connectivity index (χ2n) is 5.37. The van der Waals surface area contributed by atoms with Crippen LogP contribution >= 0.6 is 11.8 Å². The van der Waals surface area contributed by atoms with E-state index in [2.05, 4.69) is 10.6 Å². The Hall–Kier alpha value is -2.47. The van der Waals surface area contributed by atoms with Crippen molar-refractivity contribution in [3.63, 3.8) is 0 Å². The Morgan fingerprint density at radius 3 is 2.04 bits per heavy atom. The van der Waals surface area contributed by atoms with Crippen LogP contribution in [0.3, 0.4) is 0 Å². The molecule has 0 aliphatic heterocycles. The van der Waals surface area contributed by atoms with Gasteiger partial charge in [0, 0.05) is 16.3 Å². The van der Waals surface area contributed by atoms with E-state index >= 15 is 0 Å². The van der Waals surface area contributed by atoms with Crippen LogP contribution in [-0.4, -0.2) is 24.9 Å². The van der Waals surface area contributed by atoms with Crippen LogP contribution in [0.2, 0.25) is 0 Å². The van der Waals surface area contributed by atoms with Crippen LogP contribution in [0, 0.1) is 0 Å². The molecule has 25 heavy (non-hydrogen) atoms. The van der Waals surface area contributed by atoms with Gasteiger partial charge in [-0.05, 0) is 61.2 Å². The SMILES string of the molecule is CCCCOC(=O)c1ccc(NC(=O)Nc2ccc(SC)cc2)cc1. The molecule has 0 heterocycles. The zero-order chi connectivity index (χ0) is 18.1. The van der Waals surface area contributed by atoms with E-state index in [-0.39, 0.29) is 12.0 Å². The monoisotopic (exact) mass is 358 g/mol. The number of anilines is 2. The van der Waals surface area contributed by atoms with Crippen molar-refractivity contribution in [3.8, 4) is 0 Å². The molecule has 2 aromatic carbocycles. The van der Waals surface area contributed by atoms with Gasteiger partial charge in [-0.1, -0.05) is 13.3 Å². The highest BCUT2D eigenvalue weighted by Gasteiger charge is 2.08. The van der Waals surface area contributed by atoms with Crippen LogP contribution < -0.4 is 10.6 Å². The molecule has 2 N–H and O–H groups in total. The fourth-order valence-corrected chi connectivity index (χ4v) is 2.46. The topological polar surface area (TPSA) is 67.4 Å².